The smallest absolute Gasteiger partial charge is 0.308 e. The molecule has 5 nitrogen and oxygen atoms in total. The summed E-state index contributed by atoms with van der Waals surface area (Å²) in [6, 6.07) is 0. The van der Waals surface area contributed by atoms with Crippen molar-refractivity contribution in [1.82, 2.24) is 15.3 Å². The predicted octanol–water partition coefficient (Wildman–Crippen LogP) is -0.136. The number of nitrogens with zero attached hydrogens (tertiary/aromatic N) is 2. The Hall–Kier alpha value is -1.49. The van der Waals surface area contributed by atoms with Gasteiger partial charge in [-0.25, -0.2) is 9.97 Å². The van der Waals surface area contributed by atoms with E-state index in [-0.39, 0.29) is 11.8 Å². The van der Waals surface area contributed by atoms with Gasteiger partial charge in [0.25, 0.3) is 0 Å². The highest BCUT2D eigenvalue weighted by Crippen LogP contribution is 2.26. The Bertz CT molecular complexity index is 328. The fourth-order valence-corrected chi connectivity index (χ4v) is 1.79. The summed E-state index contributed by atoms with van der Waals surface area (Å²) in [6.07, 6.45) is 4.81. The molecule has 2 heterocycles. The van der Waals surface area contributed by atoms with Crippen LogP contribution in [0.2, 0.25) is 0 Å². The van der Waals surface area contributed by atoms with Crippen molar-refractivity contribution in [2.45, 2.75) is 5.92 Å². The number of aliphatic carboxylic acids is 1. The highest BCUT2D eigenvalue weighted by Gasteiger charge is 2.33. The topological polar surface area (TPSA) is 75.1 Å². The zero-order chi connectivity index (χ0) is 9.97. The molecule has 2 atom stereocenters. The first-order valence-electron chi connectivity index (χ1n) is 4.47. The van der Waals surface area contributed by atoms with Gasteiger partial charge in [-0.1, -0.05) is 0 Å². The number of hydrogen-bond donors (Lipinski definition) is 2. The molecule has 14 heavy (non-hydrogen) atoms. The molecule has 1 aliphatic heterocycles. The third kappa shape index (κ3) is 1.58. The molecular weight excluding hydrogens is 182 g/mol. The van der Waals surface area contributed by atoms with Crippen molar-refractivity contribution >= 4 is 5.97 Å². The first kappa shape index (κ1) is 9.08. The maximum Gasteiger partial charge on any atom is 0.308 e. The van der Waals surface area contributed by atoms with Gasteiger partial charge in [-0.15, -0.1) is 0 Å². The van der Waals surface area contributed by atoms with E-state index >= 15 is 0 Å². The van der Waals surface area contributed by atoms with Crippen molar-refractivity contribution in [3.63, 3.8) is 0 Å². The second kappa shape index (κ2) is 3.71. The first-order chi connectivity index (χ1) is 6.79. The van der Waals surface area contributed by atoms with Crippen molar-refractivity contribution in [3.8, 4) is 0 Å². The van der Waals surface area contributed by atoms with E-state index in [1.165, 1.54) is 6.33 Å². The van der Waals surface area contributed by atoms with Crippen molar-refractivity contribution < 1.29 is 9.90 Å². The molecule has 0 aromatic carbocycles. The van der Waals surface area contributed by atoms with E-state index in [9.17, 15) is 4.79 Å². The number of nitrogens with one attached hydrogen (secondary N) is 1. The van der Waals surface area contributed by atoms with Gasteiger partial charge in [-0.3, -0.25) is 4.79 Å². The van der Waals surface area contributed by atoms with Crippen LogP contribution in [0.1, 0.15) is 11.5 Å². The van der Waals surface area contributed by atoms with Crippen molar-refractivity contribution in [1.29, 1.82) is 0 Å². The summed E-state index contributed by atoms with van der Waals surface area (Å²) in [7, 11) is 0. The second-order valence-electron chi connectivity index (χ2n) is 3.38. The van der Waals surface area contributed by atoms with Gasteiger partial charge < -0.3 is 10.4 Å². The van der Waals surface area contributed by atoms with Gasteiger partial charge >= 0.3 is 5.97 Å². The molecule has 2 N–H and O–H groups in total. The maximum atomic E-state index is 10.9. The number of carboxylic acids is 1. The van der Waals surface area contributed by atoms with Crippen LogP contribution in [0.5, 0.6) is 0 Å². The van der Waals surface area contributed by atoms with Gasteiger partial charge in [-0.2, -0.15) is 0 Å². The van der Waals surface area contributed by atoms with E-state index in [0.717, 1.165) is 5.56 Å². The minimum absolute atomic E-state index is 0.00583. The zero-order valence-electron chi connectivity index (χ0n) is 7.55. The molecule has 1 aromatic heterocycles. The van der Waals surface area contributed by atoms with E-state index in [2.05, 4.69) is 15.3 Å². The summed E-state index contributed by atoms with van der Waals surface area (Å²) in [5.41, 5.74) is 0.893. The van der Waals surface area contributed by atoms with Crippen LogP contribution in [-0.4, -0.2) is 34.1 Å². The summed E-state index contributed by atoms with van der Waals surface area (Å²) >= 11 is 0. The van der Waals surface area contributed by atoms with Crippen molar-refractivity contribution in [3.05, 3.63) is 24.3 Å². The van der Waals surface area contributed by atoms with Crippen LogP contribution in [0, 0.1) is 5.92 Å². The lowest BCUT2D eigenvalue weighted by Gasteiger charge is -2.13. The molecule has 0 saturated carbocycles. The minimum Gasteiger partial charge on any atom is -0.481 e. The Labute approximate surface area is 81.2 Å². The molecule has 5 heteroatoms. The van der Waals surface area contributed by atoms with E-state index < -0.39 is 5.97 Å². The molecule has 1 aromatic rings. The Balaban J connectivity index is 2.22. The van der Waals surface area contributed by atoms with Gasteiger partial charge in [0.1, 0.15) is 6.33 Å². The van der Waals surface area contributed by atoms with Gasteiger partial charge in [-0.05, 0) is 5.56 Å². The van der Waals surface area contributed by atoms with Crippen LogP contribution in [0.15, 0.2) is 18.7 Å². The normalized spacial score (nSPS) is 26.3. The summed E-state index contributed by atoms with van der Waals surface area (Å²) in [5.74, 6) is -1.13. The summed E-state index contributed by atoms with van der Waals surface area (Å²) in [5, 5.41) is 12.0. The Kier molecular flexibility index (Phi) is 2.41. The number of aromatic nitrogens is 2. The predicted molar refractivity (Wildman–Crippen MR) is 48.8 cm³/mol. The van der Waals surface area contributed by atoms with Crippen LogP contribution in [0.25, 0.3) is 0 Å². The highest BCUT2D eigenvalue weighted by molar-refractivity contribution is 5.72. The van der Waals surface area contributed by atoms with E-state index in [4.69, 9.17) is 5.11 Å². The molecule has 2 rings (SSSR count). The van der Waals surface area contributed by atoms with Crippen LogP contribution in [-0.2, 0) is 4.79 Å². The maximum absolute atomic E-state index is 10.9. The molecule has 0 amide bonds. The molecule has 1 fully saturated rings. The van der Waals surface area contributed by atoms with Gasteiger partial charge in [0.2, 0.25) is 0 Å². The molecule has 0 bridgehead atoms. The van der Waals surface area contributed by atoms with Crippen molar-refractivity contribution in [2.24, 2.45) is 5.92 Å². The van der Waals surface area contributed by atoms with Crippen molar-refractivity contribution in [2.75, 3.05) is 13.1 Å². The number of carbonyl (C=O) groups is 1. The lowest BCUT2D eigenvalue weighted by Crippen LogP contribution is -2.21. The van der Waals surface area contributed by atoms with Crippen LogP contribution >= 0.6 is 0 Å². The van der Waals surface area contributed by atoms with Gasteiger partial charge in [0.15, 0.2) is 0 Å². The number of rotatable bonds is 2. The fraction of sp³-hybridized carbons (Fsp3) is 0.444. The number of hydrogen-bond acceptors (Lipinski definition) is 4. The lowest BCUT2D eigenvalue weighted by atomic mass is 9.91. The van der Waals surface area contributed by atoms with Gasteiger partial charge in [0.05, 0.1) is 5.92 Å². The quantitative estimate of drug-likeness (QED) is 0.684. The molecule has 0 spiro atoms. The lowest BCUT2D eigenvalue weighted by molar-refractivity contribution is -0.141. The van der Waals surface area contributed by atoms with Crippen LogP contribution in [0.4, 0.5) is 0 Å². The molecule has 1 aliphatic rings. The molecule has 74 valence electrons. The Morgan fingerprint density at radius 2 is 2.14 bits per heavy atom. The number of carboxylic acid groups (broad SMARTS) is 1. The third-order valence-electron chi connectivity index (χ3n) is 2.54. The Morgan fingerprint density at radius 1 is 1.43 bits per heavy atom. The average molecular weight is 193 g/mol. The van der Waals surface area contributed by atoms with Crippen LogP contribution < -0.4 is 5.32 Å². The minimum atomic E-state index is -0.760. The zero-order valence-corrected chi connectivity index (χ0v) is 7.55. The fourth-order valence-electron chi connectivity index (χ4n) is 1.79. The van der Waals surface area contributed by atoms with Crippen LogP contribution in [0.3, 0.4) is 0 Å². The summed E-state index contributed by atoms with van der Waals surface area (Å²) in [6.45, 7) is 1.21. The molecule has 0 aliphatic carbocycles. The first-order valence-corrected chi connectivity index (χ1v) is 4.47. The van der Waals surface area contributed by atoms with Gasteiger partial charge in [0, 0.05) is 31.4 Å². The third-order valence-corrected chi connectivity index (χ3v) is 2.54. The molecular formula is C9H11N3O2. The molecule has 0 radical (unpaired) electrons. The standard InChI is InChI=1S/C9H11N3O2/c13-9(14)8-4-10-3-7(8)6-1-11-5-12-2-6/h1-2,5,7-8,10H,3-4H2,(H,13,14). The molecule has 1 saturated heterocycles. The average Bonchev–Trinajstić information content (AvgIpc) is 2.67. The Morgan fingerprint density at radius 3 is 2.79 bits per heavy atom. The van der Waals surface area contributed by atoms with E-state index in [0.29, 0.717) is 13.1 Å². The van der Waals surface area contributed by atoms with E-state index in [1.54, 1.807) is 12.4 Å². The highest BCUT2D eigenvalue weighted by atomic mass is 16.4. The summed E-state index contributed by atoms with van der Waals surface area (Å²) in [4.78, 5) is 18.7. The monoisotopic (exact) mass is 193 g/mol. The molecule has 2 unspecified atom stereocenters. The van der Waals surface area contributed by atoms with E-state index in [1.807, 2.05) is 0 Å². The second-order valence-corrected chi connectivity index (χ2v) is 3.38. The largest absolute Gasteiger partial charge is 0.481 e. The summed E-state index contributed by atoms with van der Waals surface area (Å²) < 4.78 is 0. The SMILES string of the molecule is O=C(O)C1CNCC1c1cncnc1.